The lowest BCUT2D eigenvalue weighted by Gasteiger charge is -2.26. The van der Waals surface area contributed by atoms with Crippen LogP contribution in [0.1, 0.15) is 32.3 Å². The van der Waals surface area contributed by atoms with Crippen molar-refractivity contribution in [2.75, 3.05) is 20.3 Å². The molecule has 0 aromatic heterocycles. The van der Waals surface area contributed by atoms with E-state index < -0.39 is 23.3 Å². The molecule has 150 valence electrons. The summed E-state index contributed by atoms with van der Waals surface area (Å²) in [4.78, 5) is 34.2. The summed E-state index contributed by atoms with van der Waals surface area (Å²) in [7, 11) is 1.46. The number of rotatable bonds is 11. The smallest absolute Gasteiger partial charge is 0.315 e. The highest BCUT2D eigenvalue weighted by molar-refractivity contribution is 5.78. The fourth-order valence-corrected chi connectivity index (χ4v) is 2.46. The summed E-state index contributed by atoms with van der Waals surface area (Å²) in [6, 6.07) is 4.52. The van der Waals surface area contributed by atoms with E-state index in [1.165, 1.54) is 7.11 Å². The Kier molecular flexibility index (Phi) is 8.37. The third-order valence-electron chi connectivity index (χ3n) is 4.45. The molecule has 1 rings (SSSR count). The Morgan fingerprint density at radius 1 is 1.15 bits per heavy atom. The highest BCUT2D eigenvalue weighted by Gasteiger charge is 2.35. The van der Waals surface area contributed by atoms with Crippen LogP contribution in [0, 0.1) is 5.41 Å². The molecule has 0 aliphatic rings. The molecule has 0 radical (unpaired) electrons. The summed E-state index contributed by atoms with van der Waals surface area (Å²) in [5.41, 5.74) is 4.81. The van der Waals surface area contributed by atoms with Gasteiger partial charge in [0.2, 0.25) is 0 Å². The van der Waals surface area contributed by atoms with Crippen molar-refractivity contribution in [1.82, 2.24) is 10.6 Å². The number of methoxy groups -OCH3 is 1. The summed E-state index contributed by atoms with van der Waals surface area (Å²) < 4.78 is 10.4. The van der Waals surface area contributed by atoms with Gasteiger partial charge >= 0.3 is 12.0 Å². The molecule has 0 saturated heterocycles. The van der Waals surface area contributed by atoms with Gasteiger partial charge in [0.15, 0.2) is 18.1 Å². The predicted molar refractivity (Wildman–Crippen MR) is 98.6 cm³/mol. The molecule has 1 aromatic carbocycles. The first kappa shape index (κ1) is 22.1. The SMILES string of the molecule is CCC(CC)(CNC(=O)NCc1ccc(OCC(N)=O)c(OC)c1)C(=O)O. The molecule has 0 heterocycles. The van der Waals surface area contributed by atoms with Crippen LogP contribution in [0.25, 0.3) is 0 Å². The summed E-state index contributed by atoms with van der Waals surface area (Å²) in [5.74, 6) is -0.764. The van der Waals surface area contributed by atoms with Crippen LogP contribution in [0.5, 0.6) is 11.5 Å². The zero-order valence-corrected chi connectivity index (χ0v) is 15.8. The van der Waals surface area contributed by atoms with Crippen molar-refractivity contribution >= 4 is 17.9 Å². The van der Waals surface area contributed by atoms with Gasteiger partial charge in [0.1, 0.15) is 0 Å². The standard InChI is InChI=1S/C18H27N3O6/c1-4-18(5-2,16(23)24)11-21-17(25)20-9-12-6-7-13(14(8-12)26-3)27-10-15(19)22/h6-8H,4-5,9-11H2,1-3H3,(H2,19,22)(H,23,24)(H2,20,21,25). The minimum absolute atomic E-state index is 0.0460. The van der Waals surface area contributed by atoms with E-state index in [4.69, 9.17) is 15.2 Å². The number of aliphatic carboxylic acids is 1. The number of carboxylic acid groups (broad SMARTS) is 1. The van der Waals surface area contributed by atoms with Gasteiger partial charge in [-0.25, -0.2) is 4.79 Å². The number of ether oxygens (including phenoxy) is 2. The second-order valence-corrected chi connectivity index (χ2v) is 6.07. The number of carboxylic acids is 1. The van der Waals surface area contributed by atoms with Crippen LogP contribution in [-0.2, 0) is 16.1 Å². The predicted octanol–water partition coefficient (Wildman–Crippen LogP) is 1.25. The molecule has 0 fully saturated rings. The summed E-state index contributed by atoms with van der Waals surface area (Å²) >= 11 is 0. The van der Waals surface area contributed by atoms with Gasteiger partial charge in [-0.2, -0.15) is 0 Å². The van der Waals surface area contributed by atoms with Gasteiger partial charge in [0.05, 0.1) is 12.5 Å². The van der Waals surface area contributed by atoms with Gasteiger partial charge in [-0.1, -0.05) is 19.9 Å². The summed E-state index contributed by atoms with van der Waals surface area (Å²) in [6.45, 7) is 3.55. The van der Waals surface area contributed by atoms with Crippen LogP contribution in [0.2, 0.25) is 0 Å². The molecule has 9 heteroatoms. The highest BCUT2D eigenvalue weighted by atomic mass is 16.5. The van der Waals surface area contributed by atoms with Gasteiger partial charge < -0.3 is 30.9 Å². The van der Waals surface area contributed by atoms with Gasteiger partial charge in [-0.3, -0.25) is 9.59 Å². The summed E-state index contributed by atoms with van der Waals surface area (Å²) in [5, 5.41) is 14.7. The first-order valence-corrected chi connectivity index (χ1v) is 8.61. The highest BCUT2D eigenvalue weighted by Crippen LogP contribution is 2.28. The van der Waals surface area contributed by atoms with Crippen LogP contribution in [-0.4, -0.2) is 43.3 Å². The van der Waals surface area contributed by atoms with E-state index in [1.54, 1.807) is 32.0 Å². The lowest BCUT2D eigenvalue weighted by molar-refractivity contribution is -0.149. The maximum Gasteiger partial charge on any atom is 0.315 e. The second-order valence-electron chi connectivity index (χ2n) is 6.07. The number of benzene rings is 1. The van der Waals surface area contributed by atoms with Gasteiger partial charge in [-0.05, 0) is 30.5 Å². The van der Waals surface area contributed by atoms with Crippen molar-refractivity contribution < 1.29 is 29.0 Å². The number of primary amides is 1. The number of nitrogens with two attached hydrogens (primary N) is 1. The Hall–Kier alpha value is -2.97. The van der Waals surface area contributed by atoms with E-state index in [9.17, 15) is 19.5 Å². The fraction of sp³-hybridized carbons (Fsp3) is 0.500. The average Bonchev–Trinajstić information content (AvgIpc) is 2.65. The Morgan fingerprint density at radius 3 is 2.33 bits per heavy atom. The van der Waals surface area contributed by atoms with Crippen molar-refractivity contribution in [2.45, 2.75) is 33.2 Å². The number of hydrogen-bond donors (Lipinski definition) is 4. The normalized spacial score (nSPS) is 10.8. The van der Waals surface area contributed by atoms with E-state index in [1.807, 2.05) is 0 Å². The molecule has 0 bridgehead atoms. The molecule has 0 aliphatic heterocycles. The minimum atomic E-state index is -0.972. The Bertz CT molecular complexity index is 673. The van der Waals surface area contributed by atoms with Crippen LogP contribution >= 0.6 is 0 Å². The topological polar surface area (TPSA) is 140 Å². The molecule has 27 heavy (non-hydrogen) atoms. The molecule has 0 aliphatic carbocycles. The van der Waals surface area contributed by atoms with Crippen LogP contribution in [0.3, 0.4) is 0 Å². The molecular formula is C18H27N3O6. The molecular weight excluding hydrogens is 354 g/mol. The second kappa shape index (κ2) is 10.2. The van der Waals surface area contributed by atoms with Crippen molar-refractivity contribution in [3.63, 3.8) is 0 Å². The summed E-state index contributed by atoms with van der Waals surface area (Å²) in [6.07, 6.45) is 0.839. The van der Waals surface area contributed by atoms with Crippen molar-refractivity contribution in [2.24, 2.45) is 11.1 Å². The van der Waals surface area contributed by atoms with E-state index in [0.29, 0.717) is 24.3 Å². The monoisotopic (exact) mass is 381 g/mol. The average molecular weight is 381 g/mol. The first-order valence-electron chi connectivity index (χ1n) is 8.61. The number of carbonyl (C=O) groups is 3. The van der Waals surface area contributed by atoms with Crippen LogP contribution < -0.4 is 25.8 Å². The molecule has 3 amide bonds. The zero-order chi connectivity index (χ0) is 20.4. The van der Waals surface area contributed by atoms with E-state index >= 15 is 0 Å². The molecule has 0 atom stereocenters. The number of hydrogen-bond acceptors (Lipinski definition) is 5. The molecule has 0 unspecified atom stereocenters. The van der Waals surface area contributed by atoms with Crippen molar-refractivity contribution in [3.8, 4) is 11.5 Å². The molecule has 5 N–H and O–H groups in total. The third kappa shape index (κ3) is 6.36. The lowest BCUT2D eigenvalue weighted by Crippen LogP contribution is -2.45. The van der Waals surface area contributed by atoms with E-state index in [0.717, 1.165) is 5.56 Å². The fourth-order valence-electron chi connectivity index (χ4n) is 2.46. The lowest BCUT2D eigenvalue weighted by atomic mass is 9.82. The molecule has 0 spiro atoms. The van der Waals surface area contributed by atoms with Gasteiger partial charge in [0, 0.05) is 13.1 Å². The van der Waals surface area contributed by atoms with Gasteiger partial charge in [0.25, 0.3) is 5.91 Å². The van der Waals surface area contributed by atoms with E-state index in [2.05, 4.69) is 10.6 Å². The third-order valence-corrected chi connectivity index (χ3v) is 4.45. The van der Waals surface area contributed by atoms with Gasteiger partial charge in [-0.15, -0.1) is 0 Å². The first-order chi connectivity index (χ1) is 12.8. The van der Waals surface area contributed by atoms with Crippen LogP contribution in [0.15, 0.2) is 18.2 Å². The number of nitrogens with one attached hydrogen (secondary N) is 2. The van der Waals surface area contributed by atoms with E-state index in [-0.39, 0.29) is 19.7 Å². The molecule has 9 nitrogen and oxygen atoms in total. The van der Waals surface area contributed by atoms with Crippen molar-refractivity contribution in [3.05, 3.63) is 23.8 Å². The zero-order valence-electron chi connectivity index (χ0n) is 15.8. The Labute approximate surface area is 158 Å². The largest absolute Gasteiger partial charge is 0.493 e. The number of urea groups is 1. The maximum absolute atomic E-state index is 12.0. The Balaban J connectivity index is 2.63. The van der Waals surface area contributed by atoms with Crippen molar-refractivity contribution in [1.29, 1.82) is 0 Å². The number of carbonyl (C=O) groups excluding carboxylic acids is 2. The minimum Gasteiger partial charge on any atom is -0.493 e. The molecule has 0 saturated carbocycles. The van der Waals surface area contributed by atoms with Crippen LogP contribution in [0.4, 0.5) is 4.79 Å². The Morgan fingerprint density at radius 2 is 1.81 bits per heavy atom. The quantitative estimate of drug-likeness (QED) is 0.455. The number of amides is 3. The molecule has 1 aromatic rings. The maximum atomic E-state index is 12.0.